The average Bonchev–Trinajstić information content (AvgIpc) is 2.43. The van der Waals surface area contributed by atoms with Crippen molar-refractivity contribution < 1.29 is 35.8 Å². The summed E-state index contributed by atoms with van der Waals surface area (Å²) in [6, 6.07) is 0. The van der Waals surface area contributed by atoms with Gasteiger partial charge in [0, 0.05) is 0 Å². The Kier molecular flexibility index (Phi) is 45.2. The van der Waals surface area contributed by atoms with E-state index in [1.807, 2.05) is 38.2 Å². The van der Waals surface area contributed by atoms with E-state index in [2.05, 4.69) is 51.7 Å². The van der Waals surface area contributed by atoms with E-state index >= 15 is 0 Å². The zero-order valence-corrected chi connectivity index (χ0v) is 20.5. The summed E-state index contributed by atoms with van der Waals surface area (Å²) in [5.74, 6) is 0. The summed E-state index contributed by atoms with van der Waals surface area (Å²) in [7, 11) is 0. The summed E-state index contributed by atoms with van der Waals surface area (Å²) < 4.78 is 2.10. The van der Waals surface area contributed by atoms with Crippen LogP contribution >= 0.6 is 0 Å². The van der Waals surface area contributed by atoms with Gasteiger partial charge in [-0.15, -0.1) is 18.3 Å². The summed E-state index contributed by atoms with van der Waals surface area (Å²) in [6.45, 7) is 20.0. The van der Waals surface area contributed by atoms with Gasteiger partial charge in [-0.25, -0.2) is 0 Å². The van der Waals surface area contributed by atoms with Crippen molar-refractivity contribution in [2.24, 2.45) is 0 Å². The van der Waals surface area contributed by atoms with Gasteiger partial charge >= 0.3 is 62.8 Å². The quantitative estimate of drug-likeness (QED) is 0.521. The van der Waals surface area contributed by atoms with E-state index in [1.165, 1.54) is 11.1 Å². The van der Waals surface area contributed by atoms with Crippen molar-refractivity contribution in [3.8, 4) is 0 Å². The first kappa shape index (κ1) is 36.5. The van der Waals surface area contributed by atoms with Crippen molar-refractivity contribution in [2.75, 3.05) is 0 Å². The molecule has 0 aromatic rings. The Morgan fingerprint density at radius 1 is 0.692 bits per heavy atom. The van der Waals surface area contributed by atoms with Gasteiger partial charge in [-0.05, 0) is 13.8 Å². The third-order valence-corrected chi connectivity index (χ3v) is 1.95. The Hall–Kier alpha value is -0.446. The van der Waals surface area contributed by atoms with Crippen molar-refractivity contribution in [3.63, 3.8) is 0 Å². The second-order valence-electron chi connectivity index (χ2n) is 6.31. The van der Waals surface area contributed by atoms with Gasteiger partial charge < -0.3 is 15.3 Å². The Morgan fingerprint density at radius 2 is 0.923 bits per heavy atom. The SMILES string of the molecule is CC(C)=CC(C)=[CH][Ti+3].CC(C)[O-].CC(C)[O-].CC(C)[O-].CC=CC=CC. The maximum atomic E-state index is 9.53. The molecule has 0 heterocycles. The van der Waals surface area contributed by atoms with E-state index in [-0.39, 0.29) is 0 Å². The molecule has 0 aliphatic carbocycles. The summed E-state index contributed by atoms with van der Waals surface area (Å²) in [5, 5.41) is 28.6. The molecule has 0 aliphatic rings. The molecule has 0 saturated carbocycles. The molecule has 0 aromatic carbocycles. The Labute approximate surface area is 176 Å². The van der Waals surface area contributed by atoms with Crippen LogP contribution in [0.15, 0.2) is 45.9 Å². The van der Waals surface area contributed by atoms with Crippen LogP contribution in [0, 0.1) is 0 Å². The number of hydrogen-bond donors (Lipinski definition) is 0. The monoisotopic (exact) mass is 402 g/mol. The van der Waals surface area contributed by atoms with E-state index in [9.17, 15) is 15.3 Å². The van der Waals surface area contributed by atoms with Crippen LogP contribution in [0.2, 0.25) is 0 Å². The van der Waals surface area contributed by atoms with Crippen LogP contribution in [0.5, 0.6) is 0 Å². The molecule has 0 aromatic heterocycles. The van der Waals surface area contributed by atoms with Crippen LogP contribution in [-0.4, -0.2) is 18.3 Å². The molecule has 0 N–H and O–H groups in total. The van der Waals surface area contributed by atoms with Gasteiger partial charge in [-0.3, -0.25) is 0 Å². The van der Waals surface area contributed by atoms with Crippen LogP contribution in [-0.2, 0) is 20.4 Å². The minimum Gasteiger partial charge on any atom is -0.852 e. The fourth-order valence-corrected chi connectivity index (χ4v) is 0.849. The predicted octanol–water partition coefficient (Wildman–Crippen LogP) is 3.81. The van der Waals surface area contributed by atoms with E-state index < -0.39 is 18.3 Å². The fourth-order valence-electron chi connectivity index (χ4n) is 0.719. The van der Waals surface area contributed by atoms with Gasteiger partial charge in [-0.2, -0.15) is 0 Å². The summed E-state index contributed by atoms with van der Waals surface area (Å²) >= 11 is 2.05. The van der Waals surface area contributed by atoms with Crippen LogP contribution in [0.3, 0.4) is 0 Å². The zero-order valence-electron chi connectivity index (χ0n) is 18.9. The molecule has 0 atom stereocenters. The number of hydrogen-bond acceptors (Lipinski definition) is 3. The standard InChI is InChI=1S/C7H11.C6H10.3C3H7O.Ti/c1-6(2)5-7(3)4;1-3-5-6-4-2;3*1-3(2)4;/h1,5H,2-4H3;3-6H,1-2H3;3*3H,1-2H3;/q;;3*-1;+3. The van der Waals surface area contributed by atoms with Gasteiger partial charge in [0.25, 0.3) is 0 Å². The van der Waals surface area contributed by atoms with Gasteiger partial charge in [-0.1, -0.05) is 65.8 Å². The second-order valence-corrected chi connectivity index (χ2v) is 6.76. The third-order valence-electron chi connectivity index (χ3n) is 1.24. The zero-order chi connectivity index (χ0) is 22.1. The molecular formula is C22H42O3Ti. The van der Waals surface area contributed by atoms with Crippen LogP contribution < -0.4 is 15.3 Å². The predicted molar refractivity (Wildman–Crippen MR) is 108 cm³/mol. The first-order valence-electron chi connectivity index (χ1n) is 8.98. The molecule has 0 unspecified atom stereocenters. The molecule has 0 radical (unpaired) electrons. The second kappa shape index (κ2) is 32.2. The van der Waals surface area contributed by atoms with Crippen molar-refractivity contribution >= 4 is 0 Å². The van der Waals surface area contributed by atoms with Crippen molar-refractivity contribution in [3.05, 3.63) is 45.9 Å². The maximum Gasteiger partial charge on any atom is -0.0467 e. The smallest absolute Gasteiger partial charge is 0.0467 e. The number of allylic oxidation sites excluding steroid dienone is 7. The Morgan fingerprint density at radius 3 is 1.00 bits per heavy atom. The van der Waals surface area contributed by atoms with Gasteiger partial charge in [0.15, 0.2) is 0 Å². The van der Waals surface area contributed by atoms with Gasteiger partial charge in [0.1, 0.15) is 0 Å². The molecule has 4 heteroatoms. The van der Waals surface area contributed by atoms with E-state index in [0.717, 1.165) is 0 Å². The molecule has 0 spiro atoms. The molecule has 0 rings (SSSR count). The molecule has 26 heavy (non-hydrogen) atoms. The molecule has 0 saturated heterocycles. The summed E-state index contributed by atoms with van der Waals surface area (Å²) in [6.07, 6.45) is 8.92. The van der Waals surface area contributed by atoms with Crippen LogP contribution in [0.1, 0.15) is 76.2 Å². The fraction of sp³-hybridized carbons (Fsp3) is 0.636. The van der Waals surface area contributed by atoms with E-state index in [4.69, 9.17) is 0 Å². The Bertz CT molecular complexity index is 316. The van der Waals surface area contributed by atoms with Crippen molar-refractivity contribution in [1.82, 2.24) is 0 Å². The molecule has 3 nitrogen and oxygen atoms in total. The third kappa shape index (κ3) is 164. The minimum atomic E-state index is -0.417. The first-order valence-corrected chi connectivity index (χ1v) is 9.88. The Balaban J connectivity index is -0.0000000734. The molecule has 0 amide bonds. The van der Waals surface area contributed by atoms with E-state index in [1.54, 1.807) is 41.5 Å². The van der Waals surface area contributed by atoms with Crippen LogP contribution in [0.25, 0.3) is 0 Å². The van der Waals surface area contributed by atoms with Crippen molar-refractivity contribution in [1.29, 1.82) is 0 Å². The minimum absolute atomic E-state index is 0.417. The van der Waals surface area contributed by atoms with Gasteiger partial charge in [0.05, 0.1) is 0 Å². The molecular weight excluding hydrogens is 360 g/mol. The molecule has 152 valence electrons. The molecule has 0 fully saturated rings. The largest absolute Gasteiger partial charge is 0.852 e. The molecule has 0 bridgehead atoms. The summed E-state index contributed by atoms with van der Waals surface area (Å²) in [4.78, 5) is 0. The van der Waals surface area contributed by atoms with Gasteiger partial charge in [0.2, 0.25) is 0 Å². The van der Waals surface area contributed by atoms with Crippen LogP contribution in [0.4, 0.5) is 0 Å². The maximum absolute atomic E-state index is 9.53. The molecule has 0 aliphatic heterocycles. The van der Waals surface area contributed by atoms with E-state index in [0.29, 0.717) is 0 Å². The first-order chi connectivity index (χ1) is 11.8. The topological polar surface area (TPSA) is 69.2 Å². The summed E-state index contributed by atoms with van der Waals surface area (Å²) in [5.41, 5.74) is 2.70. The van der Waals surface area contributed by atoms with Crippen molar-refractivity contribution in [2.45, 2.75) is 94.5 Å². The number of rotatable bonds is 2. The normalized spacial score (nSPS) is 10.3. The average molecular weight is 402 g/mol.